The molecule has 0 radical (unpaired) electrons. The van der Waals surface area contributed by atoms with E-state index in [1.54, 1.807) is 0 Å². The van der Waals surface area contributed by atoms with Gasteiger partial charge in [-0.05, 0) is 48.2 Å². The maximum atomic E-state index is 9.68. The summed E-state index contributed by atoms with van der Waals surface area (Å²) in [5.41, 5.74) is 4.19. The van der Waals surface area contributed by atoms with E-state index >= 15 is 0 Å². The number of rotatable bonds is 1. The van der Waals surface area contributed by atoms with Crippen LogP contribution in [0.2, 0.25) is 0 Å². The number of carbonyl (C=O) groups is 1. The second-order valence-electron chi connectivity index (χ2n) is 4.34. The fourth-order valence-corrected chi connectivity index (χ4v) is 1.75. The van der Waals surface area contributed by atoms with Gasteiger partial charge in [0, 0.05) is 6.92 Å². The summed E-state index contributed by atoms with van der Waals surface area (Å²) >= 11 is 0. The van der Waals surface area contributed by atoms with Crippen LogP contribution < -0.4 is 0 Å². The van der Waals surface area contributed by atoms with Gasteiger partial charge in [0.25, 0.3) is 5.97 Å². The minimum atomic E-state index is -0.833. The van der Waals surface area contributed by atoms with Gasteiger partial charge in [0.05, 0.1) is 0 Å². The second-order valence-corrected chi connectivity index (χ2v) is 4.34. The zero-order valence-electron chi connectivity index (χ0n) is 13.3. The highest BCUT2D eigenvalue weighted by atomic mass is 16.4. The van der Waals surface area contributed by atoms with Crippen molar-refractivity contribution < 1.29 is 15.0 Å². The SMILES string of the molecule is CC.CC(=O)O.Cc1cc(-c2ccccc2)cc(C)c1O. The van der Waals surface area contributed by atoms with Crippen molar-refractivity contribution in [3.05, 3.63) is 53.6 Å². The van der Waals surface area contributed by atoms with Crippen LogP contribution >= 0.6 is 0 Å². The first-order valence-electron chi connectivity index (χ1n) is 6.97. The van der Waals surface area contributed by atoms with E-state index < -0.39 is 5.97 Å². The molecule has 114 valence electrons. The summed E-state index contributed by atoms with van der Waals surface area (Å²) in [5, 5.41) is 17.1. The molecule has 0 aliphatic rings. The number of phenols is 1. The van der Waals surface area contributed by atoms with E-state index in [9.17, 15) is 5.11 Å². The number of phenolic OH excluding ortho intramolecular Hbond substituents is 1. The summed E-state index contributed by atoms with van der Waals surface area (Å²) in [6.07, 6.45) is 0. The molecule has 0 unspecified atom stereocenters. The van der Waals surface area contributed by atoms with Crippen molar-refractivity contribution in [1.82, 2.24) is 0 Å². The molecule has 0 aliphatic heterocycles. The zero-order valence-corrected chi connectivity index (χ0v) is 13.3. The number of carboxylic acid groups (broad SMARTS) is 1. The van der Waals surface area contributed by atoms with Gasteiger partial charge in [-0.25, -0.2) is 0 Å². The first-order chi connectivity index (χ1) is 9.91. The minimum Gasteiger partial charge on any atom is -0.507 e. The molecule has 0 aliphatic carbocycles. The van der Waals surface area contributed by atoms with Gasteiger partial charge in [-0.3, -0.25) is 4.79 Å². The Kier molecular flexibility index (Phi) is 8.54. The third kappa shape index (κ3) is 6.61. The van der Waals surface area contributed by atoms with E-state index in [0.29, 0.717) is 5.75 Å². The molecule has 0 aromatic heterocycles. The highest BCUT2D eigenvalue weighted by molar-refractivity contribution is 5.67. The number of aliphatic carboxylic acids is 1. The lowest BCUT2D eigenvalue weighted by Gasteiger charge is -2.07. The molecule has 2 aromatic carbocycles. The van der Waals surface area contributed by atoms with Crippen LogP contribution in [0.3, 0.4) is 0 Å². The van der Waals surface area contributed by atoms with Crippen molar-refractivity contribution in [2.75, 3.05) is 0 Å². The third-order valence-corrected chi connectivity index (χ3v) is 2.60. The monoisotopic (exact) mass is 288 g/mol. The standard InChI is InChI=1S/C14H14O.C2H4O2.C2H6/c1-10-8-13(9-11(2)14(10)15)12-6-4-3-5-7-12;1-2(3)4;1-2/h3-9,15H,1-2H3;1H3,(H,3,4);1-2H3. The molecule has 2 N–H and O–H groups in total. The maximum absolute atomic E-state index is 9.68. The Morgan fingerprint density at radius 2 is 1.29 bits per heavy atom. The molecule has 0 fully saturated rings. The molecule has 3 nitrogen and oxygen atoms in total. The van der Waals surface area contributed by atoms with Crippen LogP contribution in [0.15, 0.2) is 42.5 Å². The van der Waals surface area contributed by atoms with E-state index in [4.69, 9.17) is 9.90 Å². The molecular formula is C18H24O3. The van der Waals surface area contributed by atoms with Crippen molar-refractivity contribution in [1.29, 1.82) is 0 Å². The molecule has 0 amide bonds. The lowest BCUT2D eigenvalue weighted by atomic mass is 10.00. The molecule has 0 heterocycles. The number of aryl methyl sites for hydroxylation is 2. The zero-order chi connectivity index (χ0) is 16.4. The van der Waals surface area contributed by atoms with E-state index in [0.717, 1.165) is 23.6 Å². The largest absolute Gasteiger partial charge is 0.507 e. The van der Waals surface area contributed by atoms with Gasteiger partial charge in [0.1, 0.15) is 5.75 Å². The minimum absolute atomic E-state index is 0.398. The average molecular weight is 288 g/mol. The molecular weight excluding hydrogens is 264 g/mol. The summed E-state index contributed by atoms with van der Waals surface area (Å²) in [4.78, 5) is 9.00. The first kappa shape index (κ1) is 18.7. The van der Waals surface area contributed by atoms with Crippen LogP contribution in [0.25, 0.3) is 11.1 Å². The first-order valence-corrected chi connectivity index (χ1v) is 6.97. The van der Waals surface area contributed by atoms with E-state index in [-0.39, 0.29) is 0 Å². The fraction of sp³-hybridized carbons (Fsp3) is 0.278. The molecule has 2 rings (SSSR count). The Morgan fingerprint density at radius 3 is 1.67 bits per heavy atom. The molecule has 0 spiro atoms. The Labute approximate surface area is 126 Å². The molecule has 21 heavy (non-hydrogen) atoms. The highest BCUT2D eigenvalue weighted by Crippen LogP contribution is 2.28. The van der Waals surface area contributed by atoms with Gasteiger partial charge >= 0.3 is 0 Å². The smallest absolute Gasteiger partial charge is 0.300 e. The van der Waals surface area contributed by atoms with Crippen molar-refractivity contribution >= 4 is 5.97 Å². The molecule has 0 atom stereocenters. The van der Waals surface area contributed by atoms with Crippen molar-refractivity contribution in [3.8, 4) is 16.9 Å². The van der Waals surface area contributed by atoms with Gasteiger partial charge in [-0.2, -0.15) is 0 Å². The summed E-state index contributed by atoms with van der Waals surface area (Å²) in [6, 6.07) is 14.2. The number of hydrogen-bond donors (Lipinski definition) is 2. The van der Waals surface area contributed by atoms with Crippen molar-refractivity contribution in [2.24, 2.45) is 0 Å². The number of hydrogen-bond acceptors (Lipinski definition) is 2. The molecule has 3 heteroatoms. The second kappa shape index (κ2) is 9.59. The topological polar surface area (TPSA) is 57.5 Å². The average Bonchev–Trinajstić information content (AvgIpc) is 2.47. The van der Waals surface area contributed by atoms with Gasteiger partial charge in [0.2, 0.25) is 0 Å². The van der Waals surface area contributed by atoms with Crippen LogP contribution in [0.5, 0.6) is 5.75 Å². The normalized spacial score (nSPS) is 8.81. The van der Waals surface area contributed by atoms with Crippen molar-refractivity contribution in [3.63, 3.8) is 0 Å². The maximum Gasteiger partial charge on any atom is 0.300 e. The summed E-state index contributed by atoms with van der Waals surface area (Å²) in [6.45, 7) is 8.93. The predicted octanol–water partition coefficient (Wildman–Crippen LogP) is 4.79. The summed E-state index contributed by atoms with van der Waals surface area (Å²) in [7, 11) is 0. The molecule has 0 saturated carbocycles. The van der Waals surface area contributed by atoms with E-state index in [2.05, 4.69) is 12.1 Å². The number of carboxylic acids is 1. The van der Waals surface area contributed by atoms with Gasteiger partial charge in [-0.1, -0.05) is 44.2 Å². The van der Waals surface area contributed by atoms with Crippen LogP contribution in [0, 0.1) is 13.8 Å². The van der Waals surface area contributed by atoms with Crippen LogP contribution in [-0.4, -0.2) is 16.2 Å². The summed E-state index contributed by atoms with van der Waals surface area (Å²) in [5.74, 6) is -0.435. The lowest BCUT2D eigenvalue weighted by molar-refractivity contribution is -0.134. The van der Waals surface area contributed by atoms with Crippen LogP contribution in [0.4, 0.5) is 0 Å². The van der Waals surface area contributed by atoms with Crippen LogP contribution in [0.1, 0.15) is 31.9 Å². The Morgan fingerprint density at radius 1 is 0.905 bits per heavy atom. The number of aromatic hydroxyl groups is 1. The van der Waals surface area contributed by atoms with Crippen molar-refractivity contribution in [2.45, 2.75) is 34.6 Å². The predicted molar refractivity (Wildman–Crippen MR) is 87.7 cm³/mol. The summed E-state index contributed by atoms with van der Waals surface area (Å²) < 4.78 is 0. The molecule has 0 bridgehead atoms. The molecule has 0 saturated heterocycles. The van der Waals surface area contributed by atoms with Gasteiger partial charge in [-0.15, -0.1) is 0 Å². The fourth-order valence-electron chi connectivity index (χ4n) is 1.75. The Hall–Kier alpha value is -2.29. The van der Waals surface area contributed by atoms with E-state index in [1.165, 1.54) is 5.56 Å². The van der Waals surface area contributed by atoms with Crippen LogP contribution in [-0.2, 0) is 4.79 Å². The van der Waals surface area contributed by atoms with Gasteiger partial charge in [0.15, 0.2) is 0 Å². The Bertz CT molecular complexity index is 533. The molecule has 2 aromatic rings. The quantitative estimate of drug-likeness (QED) is 0.793. The highest BCUT2D eigenvalue weighted by Gasteiger charge is 2.04. The Balaban J connectivity index is 0.000000579. The lowest BCUT2D eigenvalue weighted by Crippen LogP contribution is -1.84. The number of benzene rings is 2. The third-order valence-electron chi connectivity index (χ3n) is 2.60. The van der Waals surface area contributed by atoms with Gasteiger partial charge < -0.3 is 10.2 Å². The van der Waals surface area contributed by atoms with E-state index in [1.807, 2.05) is 58.0 Å².